The normalized spacial score (nSPS) is 11.6. The van der Waals surface area contributed by atoms with Gasteiger partial charge in [-0.25, -0.2) is 0 Å². The monoisotopic (exact) mass is 321 g/mol. The van der Waals surface area contributed by atoms with E-state index in [4.69, 9.17) is 9.47 Å². The molecular formula is C11H17BrFNO2Si. The zero-order valence-corrected chi connectivity index (χ0v) is 12.9. The molecule has 1 aromatic rings. The number of nitrogens with zero attached hydrogens (tertiary/aromatic N) is 1. The maximum Gasteiger partial charge on any atom is 0.230 e. The number of hydrogen-bond acceptors (Lipinski definition) is 3. The Balaban J connectivity index is 2.25. The Kier molecular flexibility index (Phi) is 5.55. The van der Waals surface area contributed by atoms with E-state index in [0.29, 0.717) is 11.1 Å². The van der Waals surface area contributed by atoms with Crippen LogP contribution in [0.1, 0.15) is 0 Å². The van der Waals surface area contributed by atoms with Gasteiger partial charge in [-0.15, -0.1) is 0 Å². The summed E-state index contributed by atoms with van der Waals surface area (Å²) in [5, 5.41) is 0. The van der Waals surface area contributed by atoms with Crippen molar-refractivity contribution in [2.45, 2.75) is 25.7 Å². The lowest BCUT2D eigenvalue weighted by Gasteiger charge is -2.15. The van der Waals surface area contributed by atoms with Gasteiger partial charge in [-0.1, -0.05) is 19.6 Å². The number of pyridine rings is 1. The van der Waals surface area contributed by atoms with Gasteiger partial charge in [0.25, 0.3) is 0 Å². The average molecular weight is 322 g/mol. The van der Waals surface area contributed by atoms with E-state index in [-0.39, 0.29) is 12.7 Å². The summed E-state index contributed by atoms with van der Waals surface area (Å²) in [4.78, 5) is 3.61. The largest absolute Gasteiger partial charge is 0.450 e. The summed E-state index contributed by atoms with van der Waals surface area (Å²) in [6, 6.07) is 4.23. The summed E-state index contributed by atoms with van der Waals surface area (Å²) in [6.07, 6.45) is 0. The average Bonchev–Trinajstić information content (AvgIpc) is 2.21. The molecule has 1 aromatic heterocycles. The van der Waals surface area contributed by atoms with Gasteiger partial charge in [0.05, 0.1) is 4.47 Å². The first-order chi connectivity index (χ1) is 7.88. The molecule has 0 atom stereocenters. The molecule has 17 heavy (non-hydrogen) atoms. The van der Waals surface area contributed by atoms with E-state index in [1.807, 2.05) is 0 Å². The highest BCUT2D eigenvalue weighted by atomic mass is 79.9. The minimum atomic E-state index is -1.07. The molecule has 1 heterocycles. The minimum absolute atomic E-state index is 0.110. The third-order valence-electron chi connectivity index (χ3n) is 2.06. The molecular weight excluding hydrogens is 305 g/mol. The highest BCUT2D eigenvalue weighted by Gasteiger charge is 2.12. The Morgan fingerprint density at radius 3 is 2.65 bits per heavy atom. The van der Waals surface area contributed by atoms with Gasteiger partial charge in [0.2, 0.25) is 11.8 Å². The van der Waals surface area contributed by atoms with Gasteiger partial charge >= 0.3 is 0 Å². The predicted molar refractivity (Wildman–Crippen MR) is 71.5 cm³/mol. The lowest BCUT2D eigenvalue weighted by atomic mass is 10.5. The van der Waals surface area contributed by atoms with E-state index < -0.39 is 14.0 Å². The van der Waals surface area contributed by atoms with Gasteiger partial charge < -0.3 is 9.47 Å². The second kappa shape index (κ2) is 6.46. The van der Waals surface area contributed by atoms with Crippen LogP contribution in [0.25, 0.3) is 0 Å². The first-order valence-corrected chi connectivity index (χ1v) is 9.91. The Hall–Kier alpha value is -0.463. The number of ether oxygens (including phenoxy) is 2. The Bertz CT molecular complexity index is 371. The summed E-state index contributed by atoms with van der Waals surface area (Å²) >= 11 is 3.02. The van der Waals surface area contributed by atoms with E-state index in [1.54, 1.807) is 12.1 Å². The zero-order chi connectivity index (χ0) is 12.9. The Morgan fingerprint density at radius 1 is 1.35 bits per heavy atom. The summed E-state index contributed by atoms with van der Waals surface area (Å²) in [5.74, 6) is -0.344. The van der Waals surface area contributed by atoms with Crippen molar-refractivity contribution in [1.82, 2.24) is 4.98 Å². The number of halogens is 2. The molecule has 0 radical (unpaired) electrons. The summed E-state index contributed by atoms with van der Waals surface area (Å²) in [7, 11) is -1.07. The fraction of sp³-hybridized carbons (Fsp3) is 0.545. The molecule has 0 fully saturated rings. The van der Waals surface area contributed by atoms with Crippen molar-refractivity contribution in [2.24, 2.45) is 0 Å². The fourth-order valence-corrected chi connectivity index (χ4v) is 2.00. The molecule has 0 saturated heterocycles. The summed E-state index contributed by atoms with van der Waals surface area (Å²) in [5.41, 5.74) is 0. The van der Waals surface area contributed by atoms with Gasteiger partial charge in [0, 0.05) is 20.7 Å². The van der Waals surface area contributed by atoms with E-state index >= 15 is 0 Å². The van der Waals surface area contributed by atoms with Crippen molar-refractivity contribution in [1.29, 1.82) is 0 Å². The Labute approximate surface area is 110 Å². The van der Waals surface area contributed by atoms with Crippen LogP contribution in [0.3, 0.4) is 0 Å². The van der Waals surface area contributed by atoms with Crippen LogP contribution in [0.4, 0.5) is 4.39 Å². The predicted octanol–water partition coefficient (Wildman–Crippen LogP) is 3.67. The van der Waals surface area contributed by atoms with Crippen LogP contribution < -0.4 is 4.74 Å². The molecule has 0 saturated carbocycles. The van der Waals surface area contributed by atoms with Gasteiger partial charge in [0.1, 0.15) is 0 Å². The topological polar surface area (TPSA) is 31.4 Å². The first-order valence-electron chi connectivity index (χ1n) is 5.41. The third-order valence-corrected chi connectivity index (χ3v) is 4.36. The molecule has 3 nitrogen and oxygen atoms in total. The van der Waals surface area contributed by atoms with Gasteiger partial charge in [-0.3, -0.25) is 0 Å². The molecule has 6 heteroatoms. The maximum atomic E-state index is 13.0. The highest BCUT2D eigenvalue weighted by Crippen LogP contribution is 2.16. The van der Waals surface area contributed by atoms with Crippen molar-refractivity contribution in [3.8, 4) is 5.88 Å². The third kappa shape index (κ3) is 6.14. The molecule has 0 aromatic carbocycles. The molecule has 0 N–H and O–H groups in total. The van der Waals surface area contributed by atoms with Crippen molar-refractivity contribution >= 4 is 24.0 Å². The van der Waals surface area contributed by atoms with Crippen LogP contribution in [0, 0.1) is 5.95 Å². The quantitative estimate of drug-likeness (QED) is 0.346. The Morgan fingerprint density at radius 2 is 2.06 bits per heavy atom. The number of hydrogen-bond donors (Lipinski definition) is 0. The number of rotatable bonds is 6. The SMILES string of the molecule is C[Si](C)(C)CCOCOc1ccc(Br)c(F)n1. The van der Waals surface area contributed by atoms with Crippen LogP contribution in [-0.4, -0.2) is 26.5 Å². The zero-order valence-electron chi connectivity index (χ0n) is 10.3. The van der Waals surface area contributed by atoms with E-state index in [9.17, 15) is 4.39 Å². The summed E-state index contributed by atoms with van der Waals surface area (Å²) < 4.78 is 23.9. The van der Waals surface area contributed by atoms with Gasteiger partial charge in [-0.05, 0) is 28.0 Å². The van der Waals surface area contributed by atoms with Crippen molar-refractivity contribution in [2.75, 3.05) is 13.4 Å². The van der Waals surface area contributed by atoms with Crippen LogP contribution in [0.2, 0.25) is 25.7 Å². The van der Waals surface area contributed by atoms with Crippen LogP contribution in [-0.2, 0) is 4.74 Å². The lowest BCUT2D eigenvalue weighted by Crippen LogP contribution is -2.22. The van der Waals surface area contributed by atoms with Gasteiger partial charge in [-0.2, -0.15) is 9.37 Å². The van der Waals surface area contributed by atoms with Crippen LogP contribution in [0.5, 0.6) is 5.88 Å². The molecule has 0 unspecified atom stereocenters. The second-order valence-electron chi connectivity index (χ2n) is 4.90. The van der Waals surface area contributed by atoms with E-state index in [2.05, 4.69) is 40.6 Å². The molecule has 96 valence electrons. The standard InChI is InChI=1S/C11H17BrFNO2Si/c1-17(2,3)7-6-15-8-16-10-5-4-9(12)11(13)14-10/h4-5H,6-8H2,1-3H3. The minimum Gasteiger partial charge on any atom is -0.450 e. The molecule has 0 amide bonds. The first kappa shape index (κ1) is 14.6. The molecule has 0 aliphatic carbocycles. The molecule has 0 spiro atoms. The molecule has 0 aliphatic heterocycles. The molecule has 1 rings (SSSR count). The number of aromatic nitrogens is 1. The fourth-order valence-electron chi connectivity index (χ4n) is 1.02. The van der Waals surface area contributed by atoms with Crippen molar-refractivity contribution in [3.05, 3.63) is 22.6 Å². The smallest absolute Gasteiger partial charge is 0.230 e. The highest BCUT2D eigenvalue weighted by molar-refractivity contribution is 9.10. The van der Waals surface area contributed by atoms with Crippen molar-refractivity contribution < 1.29 is 13.9 Å². The van der Waals surface area contributed by atoms with E-state index in [1.165, 1.54) is 0 Å². The lowest BCUT2D eigenvalue weighted by molar-refractivity contribution is 0.0188. The van der Waals surface area contributed by atoms with Gasteiger partial charge in [0.15, 0.2) is 6.79 Å². The second-order valence-corrected chi connectivity index (χ2v) is 11.4. The molecule has 0 aliphatic rings. The van der Waals surface area contributed by atoms with Crippen molar-refractivity contribution in [3.63, 3.8) is 0 Å². The van der Waals surface area contributed by atoms with Crippen LogP contribution >= 0.6 is 15.9 Å². The molecule has 0 bridgehead atoms. The summed E-state index contributed by atoms with van der Waals surface area (Å²) in [6.45, 7) is 7.63. The maximum absolute atomic E-state index is 13.0. The van der Waals surface area contributed by atoms with Crippen LogP contribution in [0.15, 0.2) is 16.6 Å². The van der Waals surface area contributed by atoms with E-state index in [0.717, 1.165) is 6.04 Å².